The number of para-hydroxylation sites is 1. The van der Waals surface area contributed by atoms with Crippen molar-refractivity contribution in [1.82, 2.24) is 14.6 Å². The summed E-state index contributed by atoms with van der Waals surface area (Å²) in [5, 5.41) is 4.72. The maximum atomic E-state index is 13.4. The molecule has 12 heteroatoms. The number of alkyl halides is 3. The van der Waals surface area contributed by atoms with Crippen molar-refractivity contribution in [3.63, 3.8) is 0 Å². The van der Waals surface area contributed by atoms with Gasteiger partial charge >= 0.3 is 6.18 Å². The van der Waals surface area contributed by atoms with E-state index >= 15 is 0 Å². The van der Waals surface area contributed by atoms with E-state index in [-0.39, 0.29) is 40.1 Å². The van der Waals surface area contributed by atoms with Crippen LogP contribution in [0, 0.1) is 0 Å². The Labute approximate surface area is 231 Å². The first-order valence-electron chi connectivity index (χ1n) is 12.2. The topological polar surface area (TPSA) is 86.0 Å². The molecule has 2 heterocycles. The first kappa shape index (κ1) is 27.4. The zero-order valence-corrected chi connectivity index (χ0v) is 21.7. The minimum atomic E-state index is -4.57. The Bertz CT molecular complexity index is 1650. The Morgan fingerprint density at radius 3 is 2.60 bits per heavy atom. The van der Waals surface area contributed by atoms with Crippen LogP contribution in [0.5, 0.6) is 5.75 Å². The van der Waals surface area contributed by atoms with E-state index in [9.17, 15) is 22.8 Å². The van der Waals surface area contributed by atoms with Gasteiger partial charge in [0.15, 0.2) is 12.4 Å². The van der Waals surface area contributed by atoms with Crippen LogP contribution in [0.25, 0.3) is 22.3 Å². The zero-order valence-electron chi connectivity index (χ0n) is 20.9. The number of aromatic nitrogens is 2. The van der Waals surface area contributed by atoms with Gasteiger partial charge in [0.1, 0.15) is 5.75 Å². The Morgan fingerprint density at radius 1 is 1.07 bits per heavy atom. The number of fused-ring (bicyclic) bond motifs is 1. The van der Waals surface area contributed by atoms with E-state index in [4.69, 9.17) is 21.1 Å². The fourth-order valence-corrected chi connectivity index (χ4v) is 4.38. The average Bonchev–Trinajstić information content (AvgIpc) is 2.96. The quantitative estimate of drug-likeness (QED) is 0.309. The van der Waals surface area contributed by atoms with Gasteiger partial charge in [-0.1, -0.05) is 35.9 Å². The lowest BCUT2D eigenvalue weighted by Crippen LogP contribution is -2.43. The Morgan fingerprint density at radius 2 is 1.85 bits per heavy atom. The van der Waals surface area contributed by atoms with Crippen molar-refractivity contribution in [1.29, 1.82) is 0 Å². The molecule has 1 aliphatic heterocycles. The van der Waals surface area contributed by atoms with Gasteiger partial charge in [0, 0.05) is 18.7 Å². The van der Waals surface area contributed by atoms with Crippen molar-refractivity contribution < 1.29 is 27.4 Å². The number of morpholine rings is 1. The summed E-state index contributed by atoms with van der Waals surface area (Å²) in [7, 11) is 0. The number of ether oxygens (including phenoxy) is 2. The number of carbonyl (C=O) groups excluding carboxylic acids is 1. The predicted molar refractivity (Wildman–Crippen MR) is 144 cm³/mol. The van der Waals surface area contributed by atoms with Crippen LogP contribution in [0.1, 0.15) is 11.1 Å². The predicted octanol–water partition coefficient (Wildman–Crippen LogP) is 4.86. The summed E-state index contributed by atoms with van der Waals surface area (Å²) in [6.45, 7) is 1.76. The molecule has 40 heavy (non-hydrogen) atoms. The summed E-state index contributed by atoms with van der Waals surface area (Å²) >= 11 is 6.36. The second kappa shape index (κ2) is 11.5. The monoisotopic (exact) mass is 570 g/mol. The standard InChI is InChI=1S/C28H22ClF3N4O4/c29-22-14-18(8-9-24(22)40-17-25(37)35-10-12-39-13-11-35)16-33-36-26(19-4-3-5-20(15-19)28(30,31)32)34-23-7-2-1-6-21(23)27(36)38/h1-9,14-16H,10-13,17H2. The highest BCUT2D eigenvalue weighted by atomic mass is 35.5. The van der Waals surface area contributed by atoms with E-state index in [1.807, 2.05) is 0 Å². The molecule has 1 saturated heterocycles. The number of nitrogens with zero attached hydrogens (tertiary/aromatic N) is 4. The Hall–Kier alpha value is -4.22. The summed E-state index contributed by atoms with van der Waals surface area (Å²) in [4.78, 5) is 31.8. The second-order valence-electron chi connectivity index (χ2n) is 8.86. The van der Waals surface area contributed by atoms with E-state index in [1.165, 1.54) is 24.4 Å². The fourth-order valence-electron chi connectivity index (χ4n) is 4.13. The molecule has 1 fully saturated rings. The molecule has 4 aromatic rings. The van der Waals surface area contributed by atoms with Crippen LogP contribution in [0.2, 0.25) is 5.02 Å². The molecular weight excluding hydrogens is 549 g/mol. The van der Waals surface area contributed by atoms with Crippen molar-refractivity contribution in [2.75, 3.05) is 32.9 Å². The van der Waals surface area contributed by atoms with Gasteiger partial charge in [-0.05, 0) is 48.0 Å². The minimum Gasteiger partial charge on any atom is -0.482 e. The van der Waals surface area contributed by atoms with E-state index in [1.54, 1.807) is 41.3 Å². The molecule has 3 aromatic carbocycles. The molecule has 0 bridgehead atoms. The summed E-state index contributed by atoms with van der Waals surface area (Å²) in [5.74, 6) is 0.0450. The van der Waals surface area contributed by atoms with Crippen LogP contribution >= 0.6 is 11.6 Å². The first-order valence-corrected chi connectivity index (χ1v) is 12.6. The summed E-state index contributed by atoms with van der Waals surface area (Å²) in [5.41, 5.74) is -0.560. The largest absolute Gasteiger partial charge is 0.482 e. The molecule has 1 amide bonds. The van der Waals surface area contributed by atoms with E-state index in [0.717, 1.165) is 16.8 Å². The minimum absolute atomic E-state index is 0.0567. The van der Waals surface area contributed by atoms with Crippen LogP contribution in [-0.4, -0.2) is 59.6 Å². The molecule has 1 aliphatic rings. The lowest BCUT2D eigenvalue weighted by Gasteiger charge is -2.26. The molecule has 8 nitrogen and oxygen atoms in total. The molecule has 0 unspecified atom stereocenters. The maximum Gasteiger partial charge on any atom is 0.416 e. The first-order chi connectivity index (χ1) is 19.2. The lowest BCUT2D eigenvalue weighted by molar-refractivity contribution is -0.138. The number of rotatable bonds is 6. The number of carbonyl (C=O) groups is 1. The molecule has 206 valence electrons. The number of benzene rings is 3. The Kier molecular flexibility index (Phi) is 7.85. The third kappa shape index (κ3) is 6.00. The zero-order chi connectivity index (χ0) is 28.3. The fraction of sp³-hybridized carbons (Fsp3) is 0.214. The molecule has 1 aromatic heterocycles. The molecule has 0 saturated carbocycles. The van der Waals surface area contributed by atoms with Gasteiger partial charge in [-0.2, -0.15) is 22.9 Å². The smallest absolute Gasteiger partial charge is 0.416 e. The summed E-state index contributed by atoms with van der Waals surface area (Å²) in [6, 6.07) is 15.7. The van der Waals surface area contributed by atoms with Crippen LogP contribution in [0.4, 0.5) is 13.2 Å². The molecular formula is C28H22ClF3N4O4. The van der Waals surface area contributed by atoms with Gasteiger partial charge in [0.05, 0.1) is 40.9 Å². The van der Waals surface area contributed by atoms with Crippen LogP contribution in [0.3, 0.4) is 0 Å². The van der Waals surface area contributed by atoms with Crippen LogP contribution in [-0.2, 0) is 15.7 Å². The van der Waals surface area contributed by atoms with Crippen LogP contribution < -0.4 is 10.3 Å². The second-order valence-corrected chi connectivity index (χ2v) is 9.27. The molecule has 0 atom stereocenters. The summed E-state index contributed by atoms with van der Waals surface area (Å²) in [6.07, 6.45) is -3.24. The van der Waals surface area contributed by atoms with Crippen molar-refractivity contribution in [3.8, 4) is 17.1 Å². The number of amides is 1. The number of hydrogen-bond acceptors (Lipinski definition) is 6. The van der Waals surface area contributed by atoms with Crippen molar-refractivity contribution in [2.45, 2.75) is 6.18 Å². The van der Waals surface area contributed by atoms with Gasteiger partial charge in [-0.25, -0.2) is 4.98 Å². The van der Waals surface area contributed by atoms with Gasteiger partial charge in [0.2, 0.25) is 0 Å². The molecule has 5 rings (SSSR count). The summed E-state index contributed by atoms with van der Waals surface area (Å²) < 4.78 is 51.9. The third-order valence-corrected chi connectivity index (χ3v) is 6.49. The molecule has 0 radical (unpaired) electrons. The van der Waals surface area contributed by atoms with Gasteiger partial charge in [0.25, 0.3) is 11.5 Å². The maximum absolute atomic E-state index is 13.4. The van der Waals surface area contributed by atoms with Crippen molar-refractivity contribution in [2.24, 2.45) is 5.10 Å². The molecule has 0 N–H and O–H groups in total. The van der Waals surface area contributed by atoms with E-state index < -0.39 is 17.3 Å². The Balaban J connectivity index is 1.44. The SMILES string of the molecule is O=C(COc1ccc(C=Nn2c(-c3cccc(C(F)(F)F)c3)nc3ccccc3c2=O)cc1Cl)N1CCOCC1. The van der Waals surface area contributed by atoms with Crippen molar-refractivity contribution in [3.05, 3.63) is 93.2 Å². The van der Waals surface area contributed by atoms with Crippen molar-refractivity contribution >= 4 is 34.6 Å². The number of hydrogen-bond donors (Lipinski definition) is 0. The lowest BCUT2D eigenvalue weighted by atomic mass is 10.1. The van der Waals surface area contributed by atoms with E-state index in [0.29, 0.717) is 37.4 Å². The van der Waals surface area contributed by atoms with Gasteiger partial charge < -0.3 is 14.4 Å². The highest BCUT2D eigenvalue weighted by Crippen LogP contribution is 2.32. The number of halogens is 4. The average molecular weight is 571 g/mol. The van der Waals surface area contributed by atoms with Crippen LogP contribution in [0.15, 0.2) is 76.6 Å². The normalized spacial score (nSPS) is 14.2. The van der Waals surface area contributed by atoms with Gasteiger partial charge in [-0.15, -0.1) is 0 Å². The third-order valence-electron chi connectivity index (χ3n) is 6.20. The highest BCUT2D eigenvalue weighted by Gasteiger charge is 2.31. The van der Waals surface area contributed by atoms with Gasteiger partial charge in [-0.3, -0.25) is 9.59 Å². The van der Waals surface area contributed by atoms with E-state index in [2.05, 4.69) is 10.1 Å². The molecule has 0 aliphatic carbocycles. The molecule has 0 spiro atoms. The highest BCUT2D eigenvalue weighted by molar-refractivity contribution is 6.32.